The molecule has 0 radical (unpaired) electrons. The zero-order chi connectivity index (χ0) is 18.0. The van der Waals surface area contributed by atoms with Gasteiger partial charge in [-0.1, -0.05) is 32.9 Å². The molecule has 25 heavy (non-hydrogen) atoms. The molecule has 3 rings (SSSR count). The quantitative estimate of drug-likeness (QED) is 0.739. The van der Waals surface area contributed by atoms with Crippen LogP contribution in [-0.2, 0) is 13.1 Å². The fraction of sp³-hybridized carbons (Fsp3) is 0.471. The van der Waals surface area contributed by atoms with Gasteiger partial charge in [0.25, 0.3) is 5.91 Å². The third-order valence-corrected chi connectivity index (χ3v) is 3.68. The van der Waals surface area contributed by atoms with Gasteiger partial charge in [-0.2, -0.15) is 4.98 Å². The van der Waals surface area contributed by atoms with Crippen LogP contribution in [0, 0.1) is 5.92 Å². The van der Waals surface area contributed by atoms with Crippen LogP contribution in [0.5, 0.6) is 0 Å². The van der Waals surface area contributed by atoms with E-state index in [0.717, 1.165) is 12.2 Å². The Labute approximate surface area is 145 Å². The molecule has 0 bridgehead atoms. The molecule has 0 aliphatic rings. The van der Waals surface area contributed by atoms with Crippen molar-refractivity contribution in [2.75, 3.05) is 0 Å². The number of hydrogen-bond acceptors (Lipinski definition) is 6. The summed E-state index contributed by atoms with van der Waals surface area (Å²) in [4.78, 5) is 25.3. The third-order valence-electron chi connectivity index (χ3n) is 3.68. The van der Waals surface area contributed by atoms with Crippen LogP contribution in [0.1, 0.15) is 55.7 Å². The largest absolute Gasteiger partial charge is 0.343 e. The van der Waals surface area contributed by atoms with Crippen LogP contribution in [0.15, 0.2) is 23.1 Å². The van der Waals surface area contributed by atoms with E-state index >= 15 is 0 Å². The van der Waals surface area contributed by atoms with Gasteiger partial charge in [-0.25, -0.2) is 9.97 Å². The lowest BCUT2D eigenvalue weighted by atomic mass is 10.2. The van der Waals surface area contributed by atoms with Gasteiger partial charge >= 0.3 is 0 Å². The smallest absolute Gasteiger partial charge is 0.253 e. The minimum atomic E-state index is -0.253. The number of imidazole rings is 1. The minimum absolute atomic E-state index is 0.179. The van der Waals surface area contributed by atoms with Gasteiger partial charge in [-0.3, -0.25) is 4.79 Å². The maximum atomic E-state index is 12.3. The molecule has 3 aromatic heterocycles. The summed E-state index contributed by atoms with van der Waals surface area (Å²) >= 11 is 0. The number of fused-ring (bicyclic) bond motifs is 1. The Morgan fingerprint density at radius 1 is 1.28 bits per heavy atom. The fourth-order valence-corrected chi connectivity index (χ4v) is 2.43. The first-order chi connectivity index (χ1) is 11.9. The Bertz CT molecular complexity index is 880. The Kier molecular flexibility index (Phi) is 4.78. The second-order valence-corrected chi connectivity index (χ2v) is 6.74. The van der Waals surface area contributed by atoms with Gasteiger partial charge in [0.05, 0.1) is 18.4 Å². The van der Waals surface area contributed by atoms with Gasteiger partial charge in [0.1, 0.15) is 5.52 Å². The van der Waals surface area contributed by atoms with E-state index in [1.165, 1.54) is 0 Å². The van der Waals surface area contributed by atoms with Crippen molar-refractivity contribution < 1.29 is 9.32 Å². The lowest BCUT2D eigenvalue weighted by molar-refractivity contribution is 0.0946. The van der Waals surface area contributed by atoms with E-state index in [2.05, 4.69) is 39.3 Å². The average Bonchev–Trinajstić information content (AvgIpc) is 3.19. The molecular weight excluding hydrogens is 320 g/mol. The van der Waals surface area contributed by atoms with E-state index < -0.39 is 0 Å². The maximum Gasteiger partial charge on any atom is 0.253 e. The summed E-state index contributed by atoms with van der Waals surface area (Å²) < 4.78 is 7.11. The summed E-state index contributed by atoms with van der Waals surface area (Å²) in [6, 6.07) is 1.74. The number of carbonyl (C=O) groups is 1. The van der Waals surface area contributed by atoms with E-state index in [-0.39, 0.29) is 18.4 Å². The van der Waals surface area contributed by atoms with Crippen molar-refractivity contribution in [3.63, 3.8) is 0 Å². The zero-order valence-electron chi connectivity index (χ0n) is 14.9. The molecule has 0 saturated carbocycles. The SMILES string of the molecule is CC(C)Cn1cnc2cc(C(=O)NCc3nc(C(C)C)no3)cnc21. The van der Waals surface area contributed by atoms with Gasteiger partial charge in [0, 0.05) is 18.7 Å². The van der Waals surface area contributed by atoms with Gasteiger partial charge in [-0.15, -0.1) is 0 Å². The molecule has 0 aromatic carbocycles. The summed E-state index contributed by atoms with van der Waals surface area (Å²) in [6.07, 6.45) is 3.31. The minimum Gasteiger partial charge on any atom is -0.343 e. The molecule has 1 amide bonds. The van der Waals surface area contributed by atoms with Gasteiger partial charge in [0.2, 0.25) is 5.89 Å². The first-order valence-electron chi connectivity index (χ1n) is 8.35. The number of hydrogen-bond donors (Lipinski definition) is 1. The summed E-state index contributed by atoms with van der Waals surface area (Å²) in [5.41, 5.74) is 1.93. The number of amides is 1. The van der Waals surface area contributed by atoms with Crippen LogP contribution < -0.4 is 5.32 Å². The van der Waals surface area contributed by atoms with Gasteiger partial charge < -0.3 is 14.4 Å². The molecule has 8 heteroatoms. The lowest BCUT2D eigenvalue weighted by Crippen LogP contribution is -2.23. The highest BCUT2D eigenvalue weighted by Crippen LogP contribution is 2.14. The predicted octanol–water partition coefficient (Wildman–Crippen LogP) is 2.52. The third kappa shape index (κ3) is 3.84. The standard InChI is InChI=1S/C17H22N6O2/c1-10(2)8-23-9-20-13-5-12(6-18-16(13)23)17(24)19-7-14-21-15(11(3)4)22-25-14/h5-6,9-11H,7-8H2,1-4H3,(H,19,24). The highest BCUT2D eigenvalue weighted by atomic mass is 16.5. The van der Waals surface area contributed by atoms with Crippen molar-refractivity contribution in [2.45, 2.75) is 46.7 Å². The molecule has 0 spiro atoms. The van der Waals surface area contributed by atoms with E-state index in [0.29, 0.717) is 28.7 Å². The highest BCUT2D eigenvalue weighted by molar-refractivity contribution is 5.96. The summed E-state index contributed by atoms with van der Waals surface area (Å²) in [5.74, 6) is 1.43. The molecular formula is C17H22N6O2. The molecule has 3 heterocycles. The molecule has 0 atom stereocenters. The molecule has 8 nitrogen and oxygen atoms in total. The number of nitrogens with one attached hydrogen (secondary N) is 1. The van der Waals surface area contributed by atoms with Crippen LogP contribution in [0.3, 0.4) is 0 Å². The van der Waals surface area contributed by atoms with Crippen LogP contribution in [0.2, 0.25) is 0 Å². The fourth-order valence-electron chi connectivity index (χ4n) is 2.43. The molecule has 0 saturated heterocycles. The summed E-state index contributed by atoms with van der Waals surface area (Å²) in [6.45, 7) is 9.24. The van der Waals surface area contributed by atoms with Crippen LogP contribution in [0.25, 0.3) is 11.2 Å². The van der Waals surface area contributed by atoms with Gasteiger partial charge in [-0.05, 0) is 12.0 Å². The highest BCUT2D eigenvalue weighted by Gasteiger charge is 2.13. The maximum absolute atomic E-state index is 12.3. The van der Waals surface area contributed by atoms with Crippen molar-refractivity contribution in [3.8, 4) is 0 Å². The Morgan fingerprint density at radius 2 is 2.08 bits per heavy atom. The monoisotopic (exact) mass is 342 g/mol. The topological polar surface area (TPSA) is 98.7 Å². The molecule has 3 aromatic rings. The van der Waals surface area contributed by atoms with Crippen molar-refractivity contribution in [2.24, 2.45) is 5.92 Å². The lowest BCUT2D eigenvalue weighted by Gasteiger charge is -2.06. The van der Waals surface area contributed by atoms with Crippen molar-refractivity contribution in [1.29, 1.82) is 0 Å². The van der Waals surface area contributed by atoms with Crippen molar-refractivity contribution in [3.05, 3.63) is 35.9 Å². The zero-order valence-corrected chi connectivity index (χ0v) is 14.9. The number of nitrogens with zero attached hydrogens (tertiary/aromatic N) is 5. The Balaban J connectivity index is 1.69. The van der Waals surface area contributed by atoms with Crippen LogP contribution in [-0.4, -0.2) is 30.6 Å². The second-order valence-electron chi connectivity index (χ2n) is 6.74. The number of aromatic nitrogens is 5. The van der Waals surface area contributed by atoms with E-state index in [9.17, 15) is 4.79 Å². The first-order valence-corrected chi connectivity index (χ1v) is 8.35. The normalized spacial score (nSPS) is 11.6. The number of rotatable bonds is 6. The van der Waals surface area contributed by atoms with Crippen molar-refractivity contribution >= 4 is 17.1 Å². The second kappa shape index (κ2) is 7.00. The number of pyridine rings is 1. The molecule has 0 unspecified atom stereocenters. The van der Waals surface area contributed by atoms with E-state index in [1.54, 1.807) is 18.6 Å². The van der Waals surface area contributed by atoms with E-state index in [4.69, 9.17) is 4.52 Å². The summed E-state index contributed by atoms with van der Waals surface area (Å²) in [5, 5.41) is 6.63. The molecule has 132 valence electrons. The molecule has 0 aliphatic carbocycles. The average molecular weight is 342 g/mol. The molecule has 0 aliphatic heterocycles. The Hall–Kier alpha value is -2.77. The number of carbonyl (C=O) groups excluding carboxylic acids is 1. The van der Waals surface area contributed by atoms with Crippen molar-refractivity contribution in [1.82, 2.24) is 30.0 Å². The molecule has 1 N–H and O–H groups in total. The van der Waals surface area contributed by atoms with Crippen LogP contribution in [0.4, 0.5) is 0 Å². The Morgan fingerprint density at radius 3 is 2.76 bits per heavy atom. The predicted molar refractivity (Wildman–Crippen MR) is 91.9 cm³/mol. The first kappa shape index (κ1) is 17.1. The van der Waals surface area contributed by atoms with Crippen LogP contribution >= 0.6 is 0 Å². The summed E-state index contributed by atoms with van der Waals surface area (Å²) in [7, 11) is 0. The van der Waals surface area contributed by atoms with E-state index in [1.807, 2.05) is 18.4 Å². The molecule has 0 fully saturated rings. The van der Waals surface area contributed by atoms with Gasteiger partial charge in [0.15, 0.2) is 11.5 Å².